The minimum atomic E-state index is -6.05. The number of rotatable bonds is 39. The van der Waals surface area contributed by atoms with E-state index in [4.69, 9.17) is 9.13 Å². The van der Waals surface area contributed by atoms with Crippen molar-refractivity contribution in [3.63, 3.8) is 0 Å². The normalized spacial score (nSPS) is 14.6. The van der Waals surface area contributed by atoms with Gasteiger partial charge in [0, 0.05) is 21.3 Å². The van der Waals surface area contributed by atoms with E-state index < -0.39 is 197 Å². The molecule has 0 saturated heterocycles. The van der Waals surface area contributed by atoms with Crippen LogP contribution in [0.3, 0.4) is 0 Å². The van der Waals surface area contributed by atoms with Crippen molar-refractivity contribution < 1.29 is 257 Å². The van der Waals surface area contributed by atoms with Gasteiger partial charge in [-0.3, -0.25) is 35.5 Å². The summed E-state index contributed by atoms with van der Waals surface area (Å²) in [5.41, 5.74) is 0.847. The number of halogens is 22. The first-order chi connectivity index (χ1) is 52.1. The van der Waals surface area contributed by atoms with Crippen LogP contribution in [0.5, 0.6) is 11.5 Å². The molecule has 4 unspecified atom stereocenters. The van der Waals surface area contributed by atoms with Gasteiger partial charge in [-0.1, -0.05) is 105 Å². The molecule has 0 saturated carbocycles. The van der Waals surface area contributed by atoms with Crippen molar-refractivity contribution in [1.82, 2.24) is 45.7 Å². The summed E-state index contributed by atoms with van der Waals surface area (Å²) in [5, 5.41) is 0. The predicted octanol–water partition coefficient (Wildman–Crippen LogP) is 13.9. The van der Waals surface area contributed by atoms with Gasteiger partial charge in [-0.2, -0.15) is 67.3 Å². The van der Waals surface area contributed by atoms with Crippen LogP contribution in [0.1, 0.15) is 19.4 Å². The largest absolute Gasteiger partial charge is 0.496 e. The monoisotopic (exact) mass is 2200 g/mol. The van der Waals surface area contributed by atoms with Crippen LogP contribution in [0.4, 0.5) is 91.1 Å². The molecule has 119 heavy (non-hydrogen) atoms. The molecule has 2 aromatic rings. The van der Waals surface area contributed by atoms with E-state index in [0.717, 1.165) is 36.8 Å². The molecule has 2 aromatic carbocycles. The highest BCUT2D eigenvalue weighted by atomic mass is 32.3. The van der Waals surface area contributed by atoms with Crippen LogP contribution in [0.2, 0.25) is 0 Å². The van der Waals surface area contributed by atoms with Gasteiger partial charge < -0.3 is 8.37 Å². The smallest absolute Gasteiger partial charge is 0.371 e. The first-order valence-electron chi connectivity index (χ1n) is 25.6. The lowest BCUT2D eigenvalue weighted by atomic mass is 10.2. The van der Waals surface area contributed by atoms with Crippen molar-refractivity contribution in [1.29, 1.82) is 0 Å². The Balaban J connectivity index is -0.000000193. The van der Waals surface area contributed by atoms with Crippen LogP contribution >= 0.6 is 94.5 Å². The second kappa shape index (κ2) is 56.4. The summed E-state index contributed by atoms with van der Waals surface area (Å²) in [6.07, 6.45) is 6.63. The molecule has 0 amide bonds. The van der Waals surface area contributed by atoms with Gasteiger partial charge in [0.15, 0.2) is 0 Å². The molecule has 4 atom stereocenters. The average molecular weight is 2200 g/mol. The van der Waals surface area contributed by atoms with Crippen molar-refractivity contribution in [3.8, 4) is 23.8 Å². The molecule has 0 aliphatic heterocycles. The van der Waals surface area contributed by atoms with Gasteiger partial charge >= 0.3 is 177 Å². The highest BCUT2D eigenvalue weighted by Gasteiger charge is 2.37. The molecule has 0 bridgehead atoms. The number of terminal acetylenes is 1. The zero-order valence-electron chi connectivity index (χ0n) is 57.3. The van der Waals surface area contributed by atoms with Crippen molar-refractivity contribution >= 4 is 177 Å². The van der Waals surface area contributed by atoms with Crippen LogP contribution in [-0.4, -0.2) is 122 Å². The average Bonchev–Trinajstić information content (AvgIpc) is 0.865. The zero-order chi connectivity index (χ0) is 96.9. The van der Waals surface area contributed by atoms with Crippen LogP contribution in [0.25, 0.3) is 0 Å². The number of aryl methyl sites for hydroxylation is 1. The van der Waals surface area contributed by atoms with Gasteiger partial charge in [0.25, 0.3) is 0 Å². The van der Waals surface area contributed by atoms with Crippen LogP contribution in [0.15, 0.2) is 79.9 Å². The van der Waals surface area contributed by atoms with Crippen molar-refractivity contribution in [3.05, 3.63) is 85.5 Å². The van der Waals surface area contributed by atoms with E-state index in [0.29, 0.717) is 43.1 Å². The Bertz CT molecular complexity index is 5130. The number of para-hydroxylation sites is 1. The lowest BCUT2D eigenvalue weighted by Gasteiger charge is -2.12. The molecule has 2 rings (SSSR count). The minimum absolute atomic E-state index is 0.0972. The van der Waals surface area contributed by atoms with Crippen LogP contribution in [-0.2, 0) is 173 Å². The van der Waals surface area contributed by atoms with Crippen LogP contribution < -0.4 is 54.0 Å². The Morgan fingerprint density at radius 2 is 0.647 bits per heavy atom. The summed E-state index contributed by atoms with van der Waals surface area (Å²) in [5.74, 6) is 1.42. The standard InChI is InChI=1S/C7H8F2NO4PS.C6H6F2NO4PS.C3H6F2NO4PS.C3H4F2NO4PS.C3H6F2NO4PS.C2H7F2NO4P2.2C2H6F2NO4PS.CH4F2NO4PS.F4HNO2P2/c1-6-2-4-7(5-3-6)14-16(12,13)10-15(8,9)11;7-14(8,10)9-15(11,12)13-6-4-2-1-3-5-6;2*1-2-3-10-11(4,7)6-12(5,8)9;1-2-3-10-12(8,9)6-11(4,5)7;1-8-11(7,9-2)5-10(3,4)6;1-2-9-10(3,6)5-11(4,7)8;1-2-9-11(7,8)5-10(3,4)6;1-8-9(2,5)4-10(3,6)7;1-8(2,6)5-9(3,4)7/h2-5H,1H3,(H,10,11);1-5H,(H,9,10);2H,1,3H2,(H,6,7);1H,3H2,(H,6,7);2H,1,3H2,(H,6,7);1-2H3,(H,5,6,7);2*2H2,1H3,(H,5,6);1H3,(H,4,5);(H,5,6,7). The van der Waals surface area contributed by atoms with Crippen LogP contribution in [0, 0.1) is 19.3 Å². The third-order valence-electron chi connectivity index (χ3n) is 6.69. The Morgan fingerprint density at radius 1 is 0.361 bits per heavy atom. The Morgan fingerprint density at radius 3 is 0.882 bits per heavy atom. The molecule has 0 heterocycles. The number of hydrogen-bond acceptors (Lipinski definition) is 38. The second-order valence-corrected chi connectivity index (χ2v) is 45.0. The van der Waals surface area contributed by atoms with Gasteiger partial charge in [0.2, 0.25) is 0 Å². The summed E-state index contributed by atoms with van der Waals surface area (Å²) in [4.78, 5) is 0.868. The van der Waals surface area contributed by atoms with E-state index in [2.05, 4.69) is 63.5 Å². The molecule has 0 aliphatic carbocycles. The van der Waals surface area contributed by atoms with Gasteiger partial charge in [-0.15, -0.1) is 105 Å². The fourth-order valence-corrected chi connectivity index (χ4v) is 18.9. The first kappa shape index (κ1) is 132. The molecule has 90 heteroatoms. The molecular formula is C29H54F22N10O38P12S8. The summed E-state index contributed by atoms with van der Waals surface area (Å²) in [6, 6.07) is 12.6. The second-order valence-electron chi connectivity index (χ2n) is 16.4. The Hall–Kier alpha value is -2.82. The number of hydrogen-bond donors (Lipinski definition) is 10. The third kappa shape index (κ3) is 107. The molecule has 0 spiro atoms. The van der Waals surface area contributed by atoms with E-state index >= 15 is 0 Å². The van der Waals surface area contributed by atoms with E-state index in [1.165, 1.54) is 62.4 Å². The molecule has 0 radical (unpaired) electrons. The molecular weight excluding hydrogens is 2140 g/mol. The summed E-state index contributed by atoms with van der Waals surface area (Å²) < 4.78 is 581. The minimum Gasteiger partial charge on any atom is -0.371 e. The molecule has 10 N–H and O–H groups in total. The fourth-order valence-electron chi connectivity index (χ4n) is 3.73. The molecule has 0 aromatic heterocycles. The molecule has 48 nitrogen and oxygen atoms in total. The summed E-state index contributed by atoms with van der Waals surface area (Å²) in [6.45, 7) is 8.19. The maximum atomic E-state index is 12.3. The lowest BCUT2D eigenvalue weighted by molar-refractivity contribution is 0.269. The van der Waals surface area contributed by atoms with Crippen molar-refractivity contribution in [2.75, 3.05) is 54.4 Å². The van der Waals surface area contributed by atoms with E-state index in [1.807, 2.05) is 0 Å². The van der Waals surface area contributed by atoms with Gasteiger partial charge in [0.05, 0.1) is 26.4 Å². The molecule has 0 aliphatic rings. The van der Waals surface area contributed by atoms with Crippen molar-refractivity contribution in [2.45, 2.75) is 20.8 Å². The van der Waals surface area contributed by atoms with E-state index in [-0.39, 0.29) is 29.6 Å². The zero-order valence-corrected chi connectivity index (χ0v) is 74.6. The maximum Gasteiger partial charge on any atom is 0.496 e. The number of benzene rings is 2. The first-order valence-corrected chi connectivity index (χ1v) is 54.8. The maximum absolute atomic E-state index is 12.3. The Kier molecular flexibility index (Phi) is 62.4. The summed E-state index contributed by atoms with van der Waals surface area (Å²) in [7, 11) is -103. The molecule has 710 valence electrons. The van der Waals surface area contributed by atoms with Gasteiger partial charge in [-0.25, -0.2) is 54.8 Å². The quantitative estimate of drug-likeness (QED) is 0.00977. The Labute approximate surface area is 661 Å². The summed E-state index contributed by atoms with van der Waals surface area (Å²) >= 11 is 0. The molecule has 0 fully saturated rings. The van der Waals surface area contributed by atoms with Crippen molar-refractivity contribution in [2.24, 2.45) is 0 Å². The van der Waals surface area contributed by atoms with E-state index in [1.54, 1.807) is 18.9 Å². The van der Waals surface area contributed by atoms with Gasteiger partial charge in [0.1, 0.15) is 18.1 Å². The SMILES string of the molecule is C#CCOP(=O)(F)NS(=O)(=O)F.C=CCOP(=O)(F)NS(=O)(=O)F.C=CCOS(=O)(=O)NP(=O)(F)F.CCOP(=O)(F)NS(=O)(=O)F.CCOS(=O)(=O)NP(=O)(F)F.COP(=O)(F)NS(=O)(=O)F.COP(=O)(NP(=O)(F)F)OC.Cc1ccc(OS(=O)(=O)NP(=O)(F)F)cc1.O=P(F)(F)NP(=O)(F)F.O=P(F)(F)NS(=O)(=O)Oc1ccccc1. The lowest BCUT2D eigenvalue weighted by Crippen LogP contribution is -2.23. The highest BCUT2D eigenvalue weighted by molar-refractivity contribution is 7.93. The fraction of sp³-hybridized carbons (Fsp3) is 0.379. The highest BCUT2D eigenvalue weighted by Crippen LogP contribution is 2.60. The third-order valence-corrected chi connectivity index (χ3v) is 29.2. The predicted molar refractivity (Wildman–Crippen MR) is 369 cm³/mol. The van der Waals surface area contributed by atoms with Gasteiger partial charge in [-0.05, 0) is 45.0 Å². The van der Waals surface area contributed by atoms with E-state index in [9.17, 15) is 204 Å². The topological polar surface area (TPSA) is 691 Å². The number of nitrogens with one attached hydrogen (secondary N) is 10.